The second kappa shape index (κ2) is 6.20. The second-order valence-corrected chi connectivity index (χ2v) is 7.83. The highest BCUT2D eigenvalue weighted by Crippen LogP contribution is 2.25. The number of hydrogen-bond acceptors (Lipinski definition) is 3. The van der Waals surface area contributed by atoms with E-state index in [1.807, 2.05) is 13.8 Å². The van der Waals surface area contributed by atoms with E-state index in [4.69, 9.17) is 23.2 Å². The van der Waals surface area contributed by atoms with Crippen molar-refractivity contribution in [3.63, 3.8) is 0 Å². The molecule has 7 heteroatoms. The molecule has 112 valence electrons. The first-order valence-corrected chi connectivity index (χ1v) is 8.84. The van der Waals surface area contributed by atoms with Crippen molar-refractivity contribution in [1.82, 2.24) is 9.62 Å². The van der Waals surface area contributed by atoms with E-state index in [9.17, 15) is 8.42 Å². The van der Waals surface area contributed by atoms with Gasteiger partial charge in [0.05, 0.1) is 15.8 Å². The average molecular weight is 337 g/mol. The van der Waals surface area contributed by atoms with E-state index in [1.165, 1.54) is 0 Å². The lowest BCUT2D eigenvalue weighted by Gasteiger charge is -2.37. The number of nitrogens with zero attached hydrogens (tertiary/aromatic N) is 1. The van der Waals surface area contributed by atoms with Crippen LogP contribution in [0.2, 0.25) is 10.0 Å². The average Bonchev–Trinajstić information content (AvgIpc) is 2.36. The summed E-state index contributed by atoms with van der Waals surface area (Å²) in [6.07, 6.45) is 0. The van der Waals surface area contributed by atoms with E-state index in [-0.39, 0.29) is 17.8 Å². The van der Waals surface area contributed by atoms with Crippen LogP contribution in [-0.4, -0.2) is 37.9 Å². The molecule has 1 aromatic rings. The van der Waals surface area contributed by atoms with E-state index in [1.54, 1.807) is 22.5 Å². The fraction of sp³-hybridized carbons (Fsp3) is 0.538. The van der Waals surface area contributed by atoms with Crippen molar-refractivity contribution in [2.75, 3.05) is 13.1 Å². The number of rotatable bonds is 3. The first-order chi connectivity index (χ1) is 9.31. The van der Waals surface area contributed by atoms with Crippen molar-refractivity contribution in [2.24, 2.45) is 0 Å². The molecule has 1 fully saturated rings. The van der Waals surface area contributed by atoms with E-state index in [0.717, 1.165) is 0 Å². The van der Waals surface area contributed by atoms with E-state index < -0.39 is 10.0 Å². The Balaban J connectivity index is 2.20. The Labute approximate surface area is 130 Å². The summed E-state index contributed by atoms with van der Waals surface area (Å²) in [7, 11) is -3.36. The summed E-state index contributed by atoms with van der Waals surface area (Å²) in [5.41, 5.74) is 0.651. The van der Waals surface area contributed by atoms with Gasteiger partial charge < -0.3 is 5.32 Å². The van der Waals surface area contributed by atoms with Crippen molar-refractivity contribution < 1.29 is 8.42 Å². The Morgan fingerprint density at radius 2 is 2.00 bits per heavy atom. The molecule has 1 N–H and O–H groups in total. The van der Waals surface area contributed by atoms with Gasteiger partial charge in [-0.1, -0.05) is 29.3 Å². The van der Waals surface area contributed by atoms with E-state index in [0.29, 0.717) is 28.7 Å². The molecule has 1 saturated heterocycles. The summed E-state index contributed by atoms with van der Waals surface area (Å²) in [6.45, 7) is 5.08. The van der Waals surface area contributed by atoms with Crippen molar-refractivity contribution in [3.05, 3.63) is 33.8 Å². The number of nitrogens with one attached hydrogen (secondary N) is 1. The third-order valence-corrected chi connectivity index (χ3v) is 6.33. The van der Waals surface area contributed by atoms with Crippen LogP contribution in [0.5, 0.6) is 0 Å². The molecule has 4 nitrogen and oxygen atoms in total. The Morgan fingerprint density at radius 1 is 1.30 bits per heavy atom. The van der Waals surface area contributed by atoms with Crippen LogP contribution in [0.25, 0.3) is 0 Å². The molecule has 20 heavy (non-hydrogen) atoms. The van der Waals surface area contributed by atoms with Gasteiger partial charge in [-0.15, -0.1) is 0 Å². The minimum Gasteiger partial charge on any atom is -0.311 e. The maximum Gasteiger partial charge on any atom is 0.218 e. The summed E-state index contributed by atoms with van der Waals surface area (Å²) < 4.78 is 26.6. The number of sulfonamides is 1. The molecule has 2 rings (SSSR count). The van der Waals surface area contributed by atoms with Crippen molar-refractivity contribution in [1.29, 1.82) is 0 Å². The molecular weight excluding hydrogens is 319 g/mol. The standard InChI is InChI=1S/C13H18Cl2N2O2S/c1-9-10(2)17(6-5-16-9)20(18,19)8-11-3-4-12(14)13(15)7-11/h3-4,7,9-10,16H,5-6,8H2,1-2H3. The Kier molecular flexibility index (Phi) is 4.97. The van der Waals surface area contributed by atoms with E-state index in [2.05, 4.69) is 5.32 Å². The first-order valence-electron chi connectivity index (χ1n) is 6.48. The molecular formula is C13H18Cl2N2O2S. The van der Waals surface area contributed by atoms with Gasteiger partial charge in [-0.05, 0) is 31.5 Å². The Bertz CT molecular complexity index is 592. The largest absolute Gasteiger partial charge is 0.311 e. The van der Waals surface area contributed by atoms with Gasteiger partial charge >= 0.3 is 0 Å². The predicted molar refractivity (Wildman–Crippen MR) is 82.7 cm³/mol. The summed E-state index contributed by atoms with van der Waals surface area (Å²) in [5.74, 6) is -0.0546. The monoisotopic (exact) mass is 336 g/mol. The highest BCUT2D eigenvalue weighted by Gasteiger charge is 2.33. The highest BCUT2D eigenvalue weighted by molar-refractivity contribution is 7.88. The molecule has 1 aliphatic heterocycles. The molecule has 1 aromatic carbocycles. The second-order valence-electron chi connectivity index (χ2n) is 5.10. The molecule has 0 bridgehead atoms. The highest BCUT2D eigenvalue weighted by atomic mass is 35.5. The number of piperazine rings is 1. The quantitative estimate of drug-likeness (QED) is 0.922. The maximum atomic E-state index is 12.5. The molecule has 0 amide bonds. The van der Waals surface area contributed by atoms with Gasteiger partial charge in [0.1, 0.15) is 0 Å². The number of benzene rings is 1. The lowest BCUT2D eigenvalue weighted by atomic mass is 10.1. The normalized spacial score (nSPS) is 24.8. The molecule has 0 spiro atoms. The molecule has 0 saturated carbocycles. The summed E-state index contributed by atoms with van der Waals surface area (Å²) in [5, 5.41) is 4.07. The number of hydrogen-bond donors (Lipinski definition) is 1. The van der Waals surface area contributed by atoms with Crippen molar-refractivity contribution in [3.8, 4) is 0 Å². The van der Waals surface area contributed by atoms with Crippen LogP contribution in [0.4, 0.5) is 0 Å². The van der Waals surface area contributed by atoms with Crippen LogP contribution in [0.1, 0.15) is 19.4 Å². The minimum atomic E-state index is -3.36. The lowest BCUT2D eigenvalue weighted by Crippen LogP contribution is -2.57. The van der Waals surface area contributed by atoms with E-state index >= 15 is 0 Å². The van der Waals surface area contributed by atoms with Gasteiger partial charge in [-0.25, -0.2) is 8.42 Å². The molecule has 0 radical (unpaired) electrons. The third-order valence-electron chi connectivity index (χ3n) is 3.67. The van der Waals surface area contributed by atoms with Crippen molar-refractivity contribution in [2.45, 2.75) is 31.7 Å². The van der Waals surface area contributed by atoms with Crippen LogP contribution < -0.4 is 5.32 Å². The van der Waals surface area contributed by atoms with Crippen LogP contribution in [-0.2, 0) is 15.8 Å². The van der Waals surface area contributed by atoms with Gasteiger partial charge in [0.25, 0.3) is 0 Å². The molecule has 2 unspecified atom stereocenters. The topological polar surface area (TPSA) is 49.4 Å². The Hall–Kier alpha value is -0.330. The summed E-state index contributed by atoms with van der Waals surface area (Å²) in [6, 6.07) is 5.02. The molecule has 1 heterocycles. The van der Waals surface area contributed by atoms with Gasteiger partial charge in [0.15, 0.2) is 0 Å². The van der Waals surface area contributed by atoms with Gasteiger partial charge in [0, 0.05) is 25.2 Å². The summed E-state index contributed by atoms with van der Waals surface area (Å²) in [4.78, 5) is 0. The molecule has 1 aliphatic rings. The van der Waals surface area contributed by atoms with Gasteiger partial charge in [-0.2, -0.15) is 4.31 Å². The van der Waals surface area contributed by atoms with Crippen LogP contribution in [0, 0.1) is 0 Å². The molecule has 0 aromatic heterocycles. The minimum absolute atomic E-state index is 0.0546. The smallest absolute Gasteiger partial charge is 0.218 e. The number of halogens is 2. The summed E-state index contributed by atoms with van der Waals surface area (Å²) >= 11 is 11.8. The Morgan fingerprint density at radius 3 is 2.65 bits per heavy atom. The van der Waals surface area contributed by atoms with Crippen molar-refractivity contribution >= 4 is 33.2 Å². The predicted octanol–water partition coefficient (Wildman–Crippen LogP) is 2.51. The third kappa shape index (κ3) is 3.46. The zero-order valence-corrected chi connectivity index (χ0v) is 13.8. The molecule has 2 atom stereocenters. The van der Waals surface area contributed by atoms with Gasteiger partial charge in [-0.3, -0.25) is 0 Å². The molecule has 0 aliphatic carbocycles. The van der Waals surface area contributed by atoms with Crippen LogP contribution >= 0.6 is 23.2 Å². The lowest BCUT2D eigenvalue weighted by molar-refractivity contribution is 0.232. The fourth-order valence-electron chi connectivity index (χ4n) is 2.34. The zero-order valence-electron chi connectivity index (χ0n) is 11.4. The van der Waals surface area contributed by atoms with Gasteiger partial charge in [0.2, 0.25) is 10.0 Å². The van der Waals surface area contributed by atoms with Crippen LogP contribution in [0.3, 0.4) is 0 Å². The zero-order chi connectivity index (χ0) is 14.9. The van der Waals surface area contributed by atoms with Crippen LogP contribution in [0.15, 0.2) is 18.2 Å². The first kappa shape index (κ1) is 16.0. The fourth-order valence-corrected chi connectivity index (χ4v) is 4.49. The maximum absolute atomic E-state index is 12.5. The SMILES string of the molecule is CC1NCCN(S(=O)(=O)Cc2ccc(Cl)c(Cl)c2)C1C.